The quantitative estimate of drug-likeness (QED) is 0.0219. The van der Waals surface area contributed by atoms with Gasteiger partial charge in [-0.15, -0.1) is 0 Å². The molecule has 1 atom stereocenters. The molecular formula is C32H73N3O17S5Si2+2. The van der Waals surface area contributed by atoms with Gasteiger partial charge in [0.1, 0.15) is 10.5 Å². The average Bonchev–Trinajstić information content (AvgIpc) is 3.05. The highest BCUT2D eigenvalue weighted by molar-refractivity contribution is 7.86. The number of hydrogen-bond donors (Lipinski definition) is 6. The second-order valence-corrected chi connectivity index (χ2v) is 29.9. The maximum Gasteiger partial charge on any atom is 0.265 e. The molecule has 0 rings (SSSR count). The van der Waals surface area contributed by atoms with Gasteiger partial charge < -0.3 is 18.4 Å². The molecule has 20 nitrogen and oxygen atoms in total. The van der Waals surface area contributed by atoms with Crippen LogP contribution in [0.2, 0.25) is 19.1 Å². The highest BCUT2D eigenvalue weighted by Gasteiger charge is 2.32. The lowest BCUT2D eigenvalue weighted by molar-refractivity contribution is -0.928. The van der Waals surface area contributed by atoms with Crippen molar-refractivity contribution in [1.29, 1.82) is 0 Å². The molecule has 6 N–H and O–H groups in total. The largest absolute Gasteiger partial charge is 0.463 e. The Kier molecular flexibility index (Phi) is 26.5. The van der Waals surface area contributed by atoms with E-state index in [1.807, 2.05) is 6.92 Å². The SMILES string of the molecule is CCCC[N+](CCCC(CCC[N+](CCCS(=O)(=O)O)(CCCS(=O)(=O)O)CCCS(=O)(=O)O)C(=O)NCCC[Si](C)(C)O[SiH3])(CCCS(=O)(=O)O)CCCS(=O)(=O)O. The van der Waals surface area contributed by atoms with Crippen LogP contribution >= 0.6 is 0 Å². The van der Waals surface area contributed by atoms with Crippen LogP contribution in [-0.2, 0) is 59.5 Å². The first-order valence-corrected chi connectivity index (χ1v) is 32.1. The van der Waals surface area contributed by atoms with Gasteiger partial charge in [-0.1, -0.05) is 13.3 Å². The molecule has 0 radical (unpaired) electrons. The molecule has 0 fully saturated rings. The maximum absolute atomic E-state index is 13.8. The molecule has 0 aliphatic carbocycles. The standard InChI is InChI=1S/C32H71N3O17S5Si2/c1-4-5-17-34(20-9-25-53(37,38)39,21-10-26-54(40,41)42)18-6-14-31(32(36)33-16-8-30-59(2,3)52-58)15-7-19-35(22-11-27-55(43,44)45,23-12-28-56(46,47)48)24-13-29-57(49,50)51/h31H,4-30H2,1-3,58H3,(H4-2,33,36,37,38,39,40,41,42,43,44,45,46,47,48,49,50,51)/p+2. The van der Waals surface area contributed by atoms with E-state index in [1.54, 1.807) is 0 Å². The monoisotopic (exact) mass is 987 g/mol. The molecule has 0 heterocycles. The Labute approximate surface area is 358 Å². The van der Waals surface area contributed by atoms with Crippen molar-refractivity contribution in [3.8, 4) is 0 Å². The minimum atomic E-state index is -4.38. The number of nitrogens with one attached hydrogen (secondary N) is 1. The molecule has 0 saturated carbocycles. The van der Waals surface area contributed by atoms with Gasteiger partial charge in [0.25, 0.3) is 50.6 Å². The molecule has 59 heavy (non-hydrogen) atoms. The fourth-order valence-corrected chi connectivity index (χ4v) is 11.8. The molecule has 0 aromatic carbocycles. The minimum absolute atomic E-state index is 0.0203. The molecule has 0 spiro atoms. The predicted octanol–water partition coefficient (Wildman–Crippen LogP) is 0.995. The Morgan fingerprint density at radius 1 is 0.542 bits per heavy atom. The summed E-state index contributed by atoms with van der Waals surface area (Å²) in [5, 5.41) is 3.02. The van der Waals surface area contributed by atoms with Crippen LogP contribution in [0.3, 0.4) is 0 Å². The van der Waals surface area contributed by atoms with E-state index in [2.05, 4.69) is 18.4 Å². The summed E-state index contributed by atoms with van der Waals surface area (Å²) < 4.78 is 169. The van der Waals surface area contributed by atoms with Gasteiger partial charge in [-0.05, 0) is 57.7 Å². The van der Waals surface area contributed by atoms with Crippen LogP contribution in [0, 0.1) is 5.92 Å². The summed E-state index contributed by atoms with van der Waals surface area (Å²) in [5.41, 5.74) is 0. The fraction of sp³-hybridized carbons (Fsp3) is 0.969. The molecule has 0 aliphatic heterocycles. The Morgan fingerprint density at radius 2 is 0.831 bits per heavy atom. The smallest absolute Gasteiger partial charge is 0.265 e. The molecule has 1 amide bonds. The first kappa shape index (κ1) is 58.3. The van der Waals surface area contributed by atoms with Crippen molar-refractivity contribution < 1.29 is 82.7 Å². The highest BCUT2D eigenvalue weighted by Crippen LogP contribution is 2.23. The second kappa shape index (κ2) is 26.8. The lowest BCUT2D eigenvalue weighted by Gasteiger charge is -2.40. The first-order chi connectivity index (χ1) is 26.9. The third kappa shape index (κ3) is 32.6. The molecule has 0 aliphatic rings. The number of hydrogen-bond acceptors (Lipinski definition) is 12. The zero-order valence-electron chi connectivity index (χ0n) is 35.2. The molecule has 0 aromatic rings. The number of rotatable bonds is 37. The molecule has 1 unspecified atom stereocenters. The van der Waals surface area contributed by atoms with Crippen LogP contribution in [0.25, 0.3) is 0 Å². The number of carbonyl (C=O) groups excluding carboxylic acids is 1. The van der Waals surface area contributed by atoms with Crippen molar-refractivity contribution >= 4 is 75.3 Å². The average molecular weight is 988 g/mol. The van der Waals surface area contributed by atoms with Crippen molar-refractivity contribution in [1.82, 2.24) is 5.32 Å². The van der Waals surface area contributed by atoms with Crippen molar-refractivity contribution in [3.05, 3.63) is 0 Å². The van der Waals surface area contributed by atoms with E-state index in [-0.39, 0.29) is 68.7 Å². The van der Waals surface area contributed by atoms with Gasteiger partial charge in [-0.3, -0.25) is 27.6 Å². The Hall–Kier alpha value is -0.666. The van der Waals surface area contributed by atoms with E-state index in [4.69, 9.17) is 4.12 Å². The second-order valence-electron chi connectivity index (χ2n) is 16.4. The molecule has 354 valence electrons. The lowest BCUT2D eigenvalue weighted by atomic mass is 9.95. The van der Waals surface area contributed by atoms with Crippen LogP contribution in [0.5, 0.6) is 0 Å². The van der Waals surface area contributed by atoms with Crippen LogP contribution in [-0.4, -0.2) is 186 Å². The molecule has 27 heteroatoms. The van der Waals surface area contributed by atoms with Crippen LogP contribution in [0.15, 0.2) is 0 Å². The molecular weight excluding hydrogens is 915 g/mol. The summed E-state index contributed by atoms with van der Waals surface area (Å²) >= 11 is 0. The Morgan fingerprint density at radius 3 is 1.10 bits per heavy atom. The van der Waals surface area contributed by atoms with Crippen LogP contribution in [0.1, 0.15) is 84.0 Å². The third-order valence-corrected chi connectivity index (χ3v) is 20.7. The summed E-state index contributed by atoms with van der Waals surface area (Å²) in [6.07, 6.45) is 3.59. The van der Waals surface area contributed by atoms with Gasteiger partial charge in [-0.2, -0.15) is 42.1 Å². The lowest BCUT2D eigenvalue weighted by Crippen LogP contribution is -2.52. The van der Waals surface area contributed by atoms with E-state index < -0.39 is 93.6 Å². The summed E-state index contributed by atoms with van der Waals surface area (Å²) in [5.74, 6) is -3.65. The van der Waals surface area contributed by atoms with E-state index in [1.165, 1.54) is 0 Å². The summed E-state index contributed by atoms with van der Waals surface area (Å²) in [6.45, 7) is 8.55. The normalized spacial score (nSPS) is 14.4. The van der Waals surface area contributed by atoms with Gasteiger partial charge in [0.05, 0.1) is 81.1 Å². The zero-order valence-corrected chi connectivity index (χ0v) is 42.3. The Balaban J connectivity index is 6.58. The molecule has 0 bridgehead atoms. The zero-order chi connectivity index (χ0) is 45.7. The summed E-state index contributed by atoms with van der Waals surface area (Å²) in [6, 6.07) is 0.822. The van der Waals surface area contributed by atoms with Crippen molar-refractivity contribution in [2.24, 2.45) is 5.92 Å². The number of quaternary nitrogens is 2. The van der Waals surface area contributed by atoms with Crippen molar-refractivity contribution in [2.75, 3.05) is 87.7 Å². The van der Waals surface area contributed by atoms with Crippen LogP contribution in [0.4, 0.5) is 0 Å². The maximum atomic E-state index is 13.8. The molecule has 0 saturated heterocycles. The van der Waals surface area contributed by atoms with E-state index in [0.717, 1.165) is 18.9 Å². The first-order valence-electron chi connectivity index (χ1n) is 20.1. The van der Waals surface area contributed by atoms with Gasteiger partial charge in [0.15, 0.2) is 8.32 Å². The van der Waals surface area contributed by atoms with Crippen molar-refractivity contribution in [3.63, 3.8) is 0 Å². The number of carbonyl (C=O) groups is 1. The van der Waals surface area contributed by atoms with Gasteiger partial charge in [0, 0.05) is 44.6 Å². The van der Waals surface area contributed by atoms with Gasteiger partial charge >= 0.3 is 0 Å². The summed E-state index contributed by atoms with van der Waals surface area (Å²) in [7, 11) is -22.9. The number of unbranched alkanes of at least 4 members (excludes halogenated alkanes) is 1. The topological polar surface area (TPSA) is 310 Å². The van der Waals surface area contributed by atoms with E-state index in [9.17, 15) is 69.6 Å². The highest BCUT2D eigenvalue weighted by atomic mass is 32.2. The summed E-state index contributed by atoms with van der Waals surface area (Å²) in [4.78, 5) is 13.8. The van der Waals surface area contributed by atoms with Crippen LogP contribution < -0.4 is 5.32 Å². The molecule has 0 aromatic heterocycles. The third-order valence-electron chi connectivity index (χ3n) is 10.7. The van der Waals surface area contributed by atoms with Gasteiger partial charge in [0.2, 0.25) is 5.91 Å². The van der Waals surface area contributed by atoms with Crippen molar-refractivity contribution in [2.45, 2.75) is 103 Å². The Bertz CT molecular complexity index is 1670. The van der Waals surface area contributed by atoms with E-state index >= 15 is 0 Å². The predicted molar refractivity (Wildman–Crippen MR) is 232 cm³/mol. The van der Waals surface area contributed by atoms with Gasteiger partial charge in [-0.25, -0.2) is 0 Å². The fourth-order valence-electron chi connectivity index (χ4n) is 7.47. The number of amides is 1. The minimum Gasteiger partial charge on any atom is -0.463 e. The number of nitrogens with zero attached hydrogens (tertiary/aromatic N) is 2. The van der Waals surface area contributed by atoms with E-state index in [0.29, 0.717) is 79.8 Å².